The summed E-state index contributed by atoms with van der Waals surface area (Å²) in [7, 11) is 0. The van der Waals surface area contributed by atoms with Crippen molar-refractivity contribution >= 4 is 41.0 Å². The van der Waals surface area contributed by atoms with Crippen LogP contribution in [-0.4, -0.2) is 42.0 Å². The third-order valence-electron chi connectivity index (χ3n) is 4.88. The molecular formula is C26H27N5O5. The summed E-state index contributed by atoms with van der Waals surface area (Å²) >= 11 is 0. The molecule has 1 aromatic heterocycles. The maximum Gasteiger partial charge on any atom is 0.323 e. The number of nitrogens with zero attached hydrogens (tertiary/aromatic N) is 1. The highest BCUT2D eigenvalue weighted by Crippen LogP contribution is 2.15. The number of benzene rings is 2. The Morgan fingerprint density at radius 2 is 1.61 bits per heavy atom. The molecule has 0 atom stereocenters. The number of amides is 4. The van der Waals surface area contributed by atoms with E-state index in [4.69, 9.17) is 4.74 Å². The van der Waals surface area contributed by atoms with Gasteiger partial charge in [0.05, 0.1) is 13.2 Å². The smallest absolute Gasteiger partial charge is 0.323 e. The van der Waals surface area contributed by atoms with Gasteiger partial charge in [0.15, 0.2) is 0 Å². The average Bonchev–Trinajstić information content (AvgIpc) is 2.87. The number of para-hydroxylation sites is 1. The molecule has 0 radical (unpaired) electrons. The van der Waals surface area contributed by atoms with E-state index >= 15 is 0 Å². The Balaban J connectivity index is 1.51. The molecule has 1 heterocycles. The largest absolute Gasteiger partial charge is 0.466 e. The highest BCUT2D eigenvalue weighted by molar-refractivity contribution is 6.02. The van der Waals surface area contributed by atoms with Crippen molar-refractivity contribution < 1.29 is 23.9 Å². The van der Waals surface area contributed by atoms with Crippen molar-refractivity contribution in [2.24, 2.45) is 0 Å². The third-order valence-corrected chi connectivity index (χ3v) is 4.88. The van der Waals surface area contributed by atoms with E-state index < -0.39 is 17.8 Å². The van der Waals surface area contributed by atoms with Crippen molar-refractivity contribution in [2.75, 3.05) is 29.1 Å². The maximum atomic E-state index is 12.6. The Labute approximate surface area is 208 Å². The predicted octanol–water partition coefficient (Wildman–Crippen LogP) is 3.59. The standard InChI is InChI=1S/C26H27N5O5/c1-2-36-23(33)14-13-18-9-7-15-27-24(18)31-22(32)17-28-25(34)19-8-6-12-21(16-19)30-26(35)29-20-10-4-3-5-11-20/h3-12,15-16H,2,13-14,17H2,1H3,(H,28,34)(H,27,31,32)(H2,29,30,35). The van der Waals surface area contributed by atoms with Crippen molar-refractivity contribution in [3.63, 3.8) is 0 Å². The summed E-state index contributed by atoms with van der Waals surface area (Å²) in [4.78, 5) is 52.9. The van der Waals surface area contributed by atoms with Gasteiger partial charge in [-0.05, 0) is 55.3 Å². The third kappa shape index (κ3) is 8.24. The Morgan fingerprint density at radius 1 is 0.861 bits per heavy atom. The van der Waals surface area contributed by atoms with E-state index in [2.05, 4.69) is 26.3 Å². The molecular weight excluding hydrogens is 462 g/mol. The van der Waals surface area contributed by atoms with Gasteiger partial charge >= 0.3 is 12.0 Å². The Bertz CT molecular complexity index is 1220. The summed E-state index contributed by atoms with van der Waals surface area (Å²) < 4.78 is 4.93. The zero-order valence-corrected chi connectivity index (χ0v) is 19.7. The molecule has 0 aliphatic carbocycles. The fraction of sp³-hybridized carbons (Fsp3) is 0.192. The number of nitrogens with one attached hydrogen (secondary N) is 4. The van der Waals surface area contributed by atoms with Crippen LogP contribution in [0.1, 0.15) is 29.3 Å². The molecule has 3 aromatic rings. The highest BCUT2D eigenvalue weighted by atomic mass is 16.5. The Kier molecular flexibility index (Phi) is 9.51. The number of aromatic nitrogens is 1. The summed E-state index contributed by atoms with van der Waals surface area (Å²) in [5.74, 6) is -0.978. The van der Waals surface area contributed by atoms with Crippen LogP contribution < -0.4 is 21.3 Å². The number of rotatable bonds is 10. The second-order valence-electron chi connectivity index (χ2n) is 7.57. The number of anilines is 3. The first-order valence-electron chi connectivity index (χ1n) is 11.3. The SMILES string of the molecule is CCOC(=O)CCc1cccnc1NC(=O)CNC(=O)c1cccc(NC(=O)Nc2ccccc2)c1. The quantitative estimate of drug-likeness (QED) is 0.321. The maximum absolute atomic E-state index is 12.6. The topological polar surface area (TPSA) is 139 Å². The van der Waals surface area contributed by atoms with E-state index in [0.29, 0.717) is 35.8 Å². The molecule has 0 saturated carbocycles. The molecule has 4 amide bonds. The lowest BCUT2D eigenvalue weighted by Crippen LogP contribution is -2.33. The fourth-order valence-corrected chi connectivity index (χ4v) is 3.21. The number of hydrogen-bond acceptors (Lipinski definition) is 6. The number of carbonyl (C=O) groups is 4. The lowest BCUT2D eigenvalue weighted by Gasteiger charge is -2.11. The lowest BCUT2D eigenvalue weighted by atomic mass is 10.1. The van der Waals surface area contributed by atoms with Crippen molar-refractivity contribution in [3.05, 3.63) is 84.1 Å². The van der Waals surface area contributed by atoms with Gasteiger partial charge in [-0.1, -0.05) is 30.3 Å². The Morgan fingerprint density at radius 3 is 2.39 bits per heavy atom. The predicted molar refractivity (Wildman–Crippen MR) is 136 cm³/mol. The second kappa shape index (κ2) is 13.2. The molecule has 0 spiro atoms. The molecule has 2 aromatic carbocycles. The van der Waals surface area contributed by atoms with Gasteiger partial charge in [-0.15, -0.1) is 0 Å². The van der Waals surface area contributed by atoms with Gasteiger partial charge in [-0.25, -0.2) is 9.78 Å². The minimum atomic E-state index is -0.485. The van der Waals surface area contributed by atoms with E-state index in [1.165, 1.54) is 12.3 Å². The summed E-state index contributed by atoms with van der Waals surface area (Å²) in [6.07, 6.45) is 2.04. The second-order valence-corrected chi connectivity index (χ2v) is 7.57. The van der Waals surface area contributed by atoms with Crippen molar-refractivity contribution in [2.45, 2.75) is 19.8 Å². The van der Waals surface area contributed by atoms with Crippen LogP contribution in [0.2, 0.25) is 0 Å². The number of hydrogen-bond donors (Lipinski definition) is 4. The molecule has 0 aliphatic heterocycles. The van der Waals surface area contributed by atoms with Crippen LogP contribution >= 0.6 is 0 Å². The van der Waals surface area contributed by atoms with Crippen molar-refractivity contribution in [1.82, 2.24) is 10.3 Å². The molecule has 0 unspecified atom stereocenters. The summed E-state index contributed by atoms with van der Waals surface area (Å²) in [6, 6.07) is 18.3. The molecule has 36 heavy (non-hydrogen) atoms. The monoisotopic (exact) mass is 489 g/mol. The molecule has 10 nitrogen and oxygen atoms in total. The number of urea groups is 1. The van der Waals surface area contributed by atoms with Gasteiger partial charge in [0.2, 0.25) is 5.91 Å². The van der Waals surface area contributed by atoms with Crippen molar-refractivity contribution in [1.29, 1.82) is 0 Å². The van der Waals surface area contributed by atoms with Gasteiger partial charge in [0, 0.05) is 29.6 Å². The zero-order chi connectivity index (χ0) is 25.8. The minimum absolute atomic E-state index is 0.160. The lowest BCUT2D eigenvalue weighted by molar-refractivity contribution is -0.143. The van der Waals surface area contributed by atoms with Crippen LogP contribution in [0.25, 0.3) is 0 Å². The molecule has 0 bridgehead atoms. The van der Waals surface area contributed by atoms with Crippen LogP contribution in [0.4, 0.5) is 22.0 Å². The molecule has 3 rings (SSSR count). The van der Waals surface area contributed by atoms with Crippen molar-refractivity contribution in [3.8, 4) is 0 Å². The zero-order valence-electron chi connectivity index (χ0n) is 19.7. The van der Waals surface area contributed by atoms with Gasteiger partial charge in [0.25, 0.3) is 5.91 Å². The summed E-state index contributed by atoms with van der Waals surface area (Å²) in [6.45, 7) is 1.74. The van der Waals surface area contributed by atoms with Crippen LogP contribution in [0.15, 0.2) is 72.9 Å². The fourth-order valence-electron chi connectivity index (χ4n) is 3.21. The Hall–Kier alpha value is -4.73. The summed E-state index contributed by atoms with van der Waals surface area (Å²) in [5.41, 5.74) is 2.00. The van der Waals surface area contributed by atoms with E-state index in [0.717, 1.165) is 0 Å². The van der Waals surface area contributed by atoms with Crippen LogP contribution in [0.5, 0.6) is 0 Å². The highest BCUT2D eigenvalue weighted by Gasteiger charge is 2.13. The number of carbonyl (C=O) groups excluding carboxylic acids is 4. The van der Waals surface area contributed by atoms with Gasteiger partial charge in [0.1, 0.15) is 5.82 Å². The molecule has 10 heteroatoms. The van der Waals surface area contributed by atoms with Crippen LogP contribution in [0, 0.1) is 0 Å². The minimum Gasteiger partial charge on any atom is -0.466 e. The first-order valence-corrected chi connectivity index (χ1v) is 11.3. The molecule has 0 aliphatic rings. The summed E-state index contributed by atoms with van der Waals surface area (Å²) in [5, 5.41) is 10.6. The van der Waals surface area contributed by atoms with E-state index in [1.807, 2.05) is 6.07 Å². The van der Waals surface area contributed by atoms with E-state index in [9.17, 15) is 19.2 Å². The van der Waals surface area contributed by atoms with Gasteiger partial charge in [-0.3, -0.25) is 14.4 Å². The number of ether oxygens (including phenoxy) is 1. The van der Waals surface area contributed by atoms with E-state index in [1.54, 1.807) is 61.5 Å². The molecule has 186 valence electrons. The number of esters is 1. The molecule has 0 fully saturated rings. The first-order chi connectivity index (χ1) is 17.4. The molecule has 0 saturated heterocycles. The first kappa shape index (κ1) is 25.9. The number of pyridine rings is 1. The van der Waals surface area contributed by atoms with Gasteiger partial charge in [-0.2, -0.15) is 0 Å². The van der Waals surface area contributed by atoms with E-state index in [-0.39, 0.29) is 24.5 Å². The average molecular weight is 490 g/mol. The van der Waals surface area contributed by atoms with Crippen LogP contribution in [-0.2, 0) is 20.7 Å². The number of aryl methyl sites for hydroxylation is 1. The normalized spacial score (nSPS) is 10.1. The van der Waals surface area contributed by atoms with Crippen LogP contribution in [0.3, 0.4) is 0 Å². The van der Waals surface area contributed by atoms with Gasteiger partial charge < -0.3 is 26.0 Å². The molecule has 4 N–H and O–H groups in total.